The molecule has 5 heteroatoms. The van der Waals surface area contributed by atoms with Crippen LogP contribution in [-0.4, -0.2) is 55.0 Å². The summed E-state index contributed by atoms with van der Waals surface area (Å²) >= 11 is 0. The number of benzene rings is 1. The van der Waals surface area contributed by atoms with Gasteiger partial charge < -0.3 is 9.64 Å². The minimum atomic E-state index is 0.0406. The van der Waals surface area contributed by atoms with Gasteiger partial charge in [-0.1, -0.05) is 12.1 Å². The molecular formula is C18H23N3O2. The van der Waals surface area contributed by atoms with E-state index in [0.29, 0.717) is 13.0 Å². The van der Waals surface area contributed by atoms with Gasteiger partial charge in [0.2, 0.25) is 5.91 Å². The molecular weight excluding hydrogens is 290 g/mol. The first-order valence-corrected chi connectivity index (χ1v) is 8.02. The van der Waals surface area contributed by atoms with Crippen molar-refractivity contribution in [1.82, 2.24) is 9.80 Å². The number of hydrogen-bond acceptors (Lipinski definition) is 4. The molecule has 1 aromatic carbocycles. The first kappa shape index (κ1) is 17.0. The Morgan fingerprint density at radius 3 is 2.57 bits per heavy atom. The largest absolute Gasteiger partial charge is 0.494 e. The quantitative estimate of drug-likeness (QED) is 0.755. The van der Waals surface area contributed by atoms with E-state index >= 15 is 0 Å². The highest BCUT2D eigenvalue weighted by molar-refractivity contribution is 5.91. The van der Waals surface area contributed by atoms with Crippen molar-refractivity contribution < 1.29 is 9.53 Å². The van der Waals surface area contributed by atoms with Crippen LogP contribution in [0.4, 0.5) is 0 Å². The number of nitrogens with zero attached hydrogens (tertiary/aromatic N) is 3. The van der Waals surface area contributed by atoms with Gasteiger partial charge >= 0.3 is 0 Å². The fourth-order valence-corrected chi connectivity index (χ4v) is 2.51. The molecule has 0 spiro atoms. The second-order valence-electron chi connectivity index (χ2n) is 5.41. The molecule has 0 bridgehead atoms. The average molecular weight is 313 g/mol. The molecule has 0 N–H and O–H groups in total. The van der Waals surface area contributed by atoms with E-state index in [1.54, 1.807) is 6.08 Å². The molecule has 23 heavy (non-hydrogen) atoms. The Balaban J connectivity index is 1.81. The summed E-state index contributed by atoms with van der Waals surface area (Å²) in [5, 5.41) is 8.60. The van der Waals surface area contributed by atoms with Gasteiger partial charge in [0.1, 0.15) is 5.75 Å². The maximum absolute atomic E-state index is 12.2. The highest BCUT2D eigenvalue weighted by Gasteiger charge is 2.18. The molecule has 1 heterocycles. The molecule has 1 aliphatic rings. The minimum absolute atomic E-state index is 0.0406. The minimum Gasteiger partial charge on any atom is -0.494 e. The summed E-state index contributed by atoms with van der Waals surface area (Å²) in [7, 11) is 0. The third-order valence-electron chi connectivity index (χ3n) is 3.83. The van der Waals surface area contributed by atoms with E-state index in [1.807, 2.05) is 42.2 Å². The van der Waals surface area contributed by atoms with Crippen LogP contribution in [0.2, 0.25) is 0 Å². The zero-order chi connectivity index (χ0) is 16.5. The Morgan fingerprint density at radius 2 is 1.96 bits per heavy atom. The predicted octanol–water partition coefficient (Wildman–Crippen LogP) is 2.16. The molecule has 1 aliphatic heterocycles. The zero-order valence-corrected chi connectivity index (χ0v) is 13.6. The summed E-state index contributed by atoms with van der Waals surface area (Å²) < 4.78 is 5.40. The van der Waals surface area contributed by atoms with E-state index in [1.165, 1.54) is 0 Å². The molecule has 0 unspecified atom stereocenters. The van der Waals surface area contributed by atoms with Gasteiger partial charge in [-0.05, 0) is 30.7 Å². The normalized spacial score (nSPS) is 15.6. The number of piperazine rings is 1. The van der Waals surface area contributed by atoms with Crippen molar-refractivity contribution in [3.05, 3.63) is 35.9 Å². The van der Waals surface area contributed by atoms with Gasteiger partial charge in [0.25, 0.3) is 0 Å². The number of carbonyl (C=O) groups is 1. The van der Waals surface area contributed by atoms with Gasteiger partial charge in [-0.15, -0.1) is 0 Å². The van der Waals surface area contributed by atoms with Crippen molar-refractivity contribution >= 4 is 12.0 Å². The molecule has 5 nitrogen and oxygen atoms in total. The van der Waals surface area contributed by atoms with E-state index in [0.717, 1.165) is 44.0 Å². The molecule has 1 aromatic rings. The van der Waals surface area contributed by atoms with Gasteiger partial charge in [0, 0.05) is 45.2 Å². The molecule has 1 saturated heterocycles. The van der Waals surface area contributed by atoms with Gasteiger partial charge in [-0.3, -0.25) is 9.69 Å². The Morgan fingerprint density at radius 1 is 1.26 bits per heavy atom. The van der Waals surface area contributed by atoms with Crippen LogP contribution in [0.3, 0.4) is 0 Å². The van der Waals surface area contributed by atoms with Gasteiger partial charge in [0.15, 0.2) is 0 Å². The molecule has 1 fully saturated rings. The third kappa shape index (κ3) is 5.42. The topological polar surface area (TPSA) is 56.6 Å². The standard InChI is InChI=1S/C18H23N3O2/c1-2-23-17-7-4-16(5-8-17)6-9-18(22)21-14-12-20(13-15-21)11-3-10-19/h4-9H,2-3,11-15H2,1H3/b9-6+. The van der Waals surface area contributed by atoms with Crippen molar-refractivity contribution in [3.63, 3.8) is 0 Å². The number of carbonyl (C=O) groups excluding carboxylic acids is 1. The monoisotopic (exact) mass is 313 g/mol. The summed E-state index contributed by atoms with van der Waals surface area (Å²) in [4.78, 5) is 16.3. The Kier molecular flexibility index (Phi) is 6.64. The van der Waals surface area contributed by atoms with Crippen molar-refractivity contribution in [2.75, 3.05) is 39.3 Å². The van der Waals surface area contributed by atoms with E-state index in [2.05, 4.69) is 11.0 Å². The molecule has 0 radical (unpaired) electrons. The molecule has 0 saturated carbocycles. The SMILES string of the molecule is CCOc1ccc(/C=C/C(=O)N2CCN(CCC#N)CC2)cc1. The average Bonchev–Trinajstić information content (AvgIpc) is 2.60. The first-order valence-electron chi connectivity index (χ1n) is 8.02. The van der Waals surface area contributed by atoms with Crippen LogP contribution >= 0.6 is 0 Å². The summed E-state index contributed by atoms with van der Waals surface area (Å²) in [6.45, 7) is 6.51. The van der Waals surface area contributed by atoms with E-state index in [-0.39, 0.29) is 5.91 Å². The third-order valence-corrected chi connectivity index (χ3v) is 3.83. The van der Waals surface area contributed by atoms with E-state index in [9.17, 15) is 4.79 Å². The predicted molar refractivity (Wildman–Crippen MR) is 89.9 cm³/mol. The number of nitriles is 1. The maximum Gasteiger partial charge on any atom is 0.246 e. The fraction of sp³-hybridized carbons (Fsp3) is 0.444. The maximum atomic E-state index is 12.2. The van der Waals surface area contributed by atoms with Gasteiger partial charge in [-0.2, -0.15) is 5.26 Å². The van der Waals surface area contributed by atoms with Crippen molar-refractivity contribution in [1.29, 1.82) is 5.26 Å². The van der Waals surface area contributed by atoms with Crippen molar-refractivity contribution in [3.8, 4) is 11.8 Å². The van der Waals surface area contributed by atoms with Crippen LogP contribution in [0.25, 0.3) is 6.08 Å². The second-order valence-corrected chi connectivity index (χ2v) is 5.41. The lowest BCUT2D eigenvalue weighted by Crippen LogP contribution is -2.48. The summed E-state index contributed by atoms with van der Waals surface area (Å²) in [6.07, 6.45) is 4.01. The molecule has 0 atom stereocenters. The van der Waals surface area contributed by atoms with Gasteiger partial charge in [-0.25, -0.2) is 0 Å². The summed E-state index contributed by atoms with van der Waals surface area (Å²) in [6, 6.07) is 9.84. The number of amides is 1. The van der Waals surface area contributed by atoms with E-state index < -0.39 is 0 Å². The van der Waals surface area contributed by atoms with E-state index in [4.69, 9.17) is 10.00 Å². The molecule has 2 rings (SSSR count). The van der Waals surface area contributed by atoms with Gasteiger partial charge in [0.05, 0.1) is 12.7 Å². The molecule has 1 amide bonds. The lowest BCUT2D eigenvalue weighted by molar-refractivity contribution is -0.127. The van der Waals surface area contributed by atoms with Crippen LogP contribution in [0, 0.1) is 11.3 Å². The highest BCUT2D eigenvalue weighted by atomic mass is 16.5. The Bertz CT molecular complexity index is 567. The molecule has 0 aromatic heterocycles. The molecule has 122 valence electrons. The van der Waals surface area contributed by atoms with Crippen LogP contribution in [-0.2, 0) is 4.79 Å². The lowest BCUT2D eigenvalue weighted by atomic mass is 10.2. The van der Waals surface area contributed by atoms with Crippen LogP contribution in [0.15, 0.2) is 30.3 Å². The Labute approximate surface area is 137 Å². The summed E-state index contributed by atoms with van der Waals surface area (Å²) in [5.74, 6) is 0.878. The first-order chi connectivity index (χ1) is 11.2. The number of hydrogen-bond donors (Lipinski definition) is 0. The second kappa shape index (κ2) is 8.96. The van der Waals surface area contributed by atoms with Crippen LogP contribution < -0.4 is 4.74 Å². The number of ether oxygens (including phenoxy) is 1. The van der Waals surface area contributed by atoms with Crippen molar-refractivity contribution in [2.45, 2.75) is 13.3 Å². The Hall–Kier alpha value is -2.32. The lowest BCUT2D eigenvalue weighted by Gasteiger charge is -2.33. The van der Waals surface area contributed by atoms with Crippen molar-refractivity contribution in [2.24, 2.45) is 0 Å². The highest BCUT2D eigenvalue weighted by Crippen LogP contribution is 2.13. The molecule has 0 aliphatic carbocycles. The number of rotatable bonds is 6. The fourth-order valence-electron chi connectivity index (χ4n) is 2.51. The zero-order valence-electron chi connectivity index (χ0n) is 13.6. The van der Waals surface area contributed by atoms with Crippen LogP contribution in [0.5, 0.6) is 5.75 Å². The van der Waals surface area contributed by atoms with Crippen LogP contribution in [0.1, 0.15) is 18.9 Å². The summed E-state index contributed by atoms with van der Waals surface area (Å²) in [5.41, 5.74) is 0.981. The smallest absolute Gasteiger partial charge is 0.246 e.